The first-order valence-electron chi connectivity index (χ1n) is 12.6. The van der Waals surface area contributed by atoms with Crippen LogP contribution in [0.1, 0.15) is 53.4 Å². The van der Waals surface area contributed by atoms with Gasteiger partial charge in [-0.3, -0.25) is 4.55 Å². The Bertz CT molecular complexity index is 841. The van der Waals surface area contributed by atoms with Crippen molar-refractivity contribution in [2.75, 3.05) is 33.5 Å². The zero-order chi connectivity index (χ0) is 28.7. The summed E-state index contributed by atoms with van der Waals surface area (Å²) in [6.45, 7) is 6.90. The highest BCUT2D eigenvalue weighted by molar-refractivity contribution is 7.80. The molecule has 1 heterocycles. The van der Waals surface area contributed by atoms with Gasteiger partial charge in [0, 0.05) is 18.1 Å². The van der Waals surface area contributed by atoms with Crippen molar-refractivity contribution >= 4 is 16.4 Å². The van der Waals surface area contributed by atoms with Gasteiger partial charge in [0.15, 0.2) is 12.4 Å². The van der Waals surface area contributed by atoms with Gasteiger partial charge in [-0.15, -0.1) is 0 Å². The lowest BCUT2D eigenvalue weighted by atomic mass is 9.99. The van der Waals surface area contributed by atoms with Crippen molar-refractivity contribution in [1.29, 1.82) is 0 Å². The van der Waals surface area contributed by atoms with Crippen LogP contribution in [-0.4, -0.2) is 107 Å². The van der Waals surface area contributed by atoms with Gasteiger partial charge in [-0.05, 0) is 32.2 Å². The molecule has 1 rings (SSSR count). The van der Waals surface area contributed by atoms with E-state index in [0.717, 1.165) is 26.4 Å². The van der Waals surface area contributed by atoms with Crippen molar-refractivity contribution in [1.82, 2.24) is 0 Å². The first-order valence-corrected chi connectivity index (χ1v) is 13.9. The summed E-state index contributed by atoms with van der Waals surface area (Å²) in [7, 11) is -3.85. The van der Waals surface area contributed by atoms with Crippen LogP contribution in [0.4, 0.5) is 0 Å². The minimum atomic E-state index is -4.93. The van der Waals surface area contributed by atoms with Crippen LogP contribution in [0.3, 0.4) is 0 Å². The van der Waals surface area contributed by atoms with Gasteiger partial charge in [0.1, 0.15) is 18.8 Å². The molecule has 38 heavy (non-hydrogen) atoms. The Morgan fingerprint density at radius 2 is 1.87 bits per heavy atom. The lowest BCUT2D eigenvalue weighted by Crippen LogP contribution is -2.56. The SMILES string of the molecule is CCCCOC1[C@@H](OC(COS(=O)(=O)O)OC(C(=O)OC)[C@H](O)[C@H](C)OCCCC)C(C)OC[C@H]1N=[N+]=[N-]. The van der Waals surface area contributed by atoms with Crippen LogP contribution in [0.5, 0.6) is 0 Å². The largest absolute Gasteiger partial charge is 0.467 e. The predicted octanol–water partition coefficient (Wildman–Crippen LogP) is 1.92. The lowest BCUT2D eigenvalue weighted by molar-refractivity contribution is -0.274. The molecule has 1 fully saturated rings. The van der Waals surface area contributed by atoms with Crippen LogP contribution in [0, 0.1) is 0 Å². The number of azide groups is 1. The van der Waals surface area contributed by atoms with Gasteiger partial charge < -0.3 is 33.5 Å². The minimum absolute atomic E-state index is 0.0467. The number of unbranched alkanes of at least 4 members (excludes halogenated alkanes) is 2. The molecule has 1 saturated heterocycles. The van der Waals surface area contributed by atoms with Crippen molar-refractivity contribution in [3.05, 3.63) is 10.4 Å². The summed E-state index contributed by atoms with van der Waals surface area (Å²) in [6.07, 6.45) is -5.09. The van der Waals surface area contributed by atoms with Crippen LogP contribution in [0.2, 0.25) is 0 Å². The minimum Gasteiger partial charge on any atom is -0.467 e. The molecule has 0 aliphatic carbocycles. The van der Waals surface area contributed by atoms with E-state index in [1.54, 1.807) is 6.92 Å². The standard InChI is InChI=1S/C22H41N3O12S/c1-6-8-10-32-14(3)18(26)21(22(27)31-5)37-17(13-35-38(28,29)30)36-19-15(4)34-12-16(24-25-23)20(19)33-11-9-7-2/h14-21,26H,6-13H2,1-5H3,(H,28,29,30)/t14-,15?,16+,17?,18+,19-,20?,21?/m0/s1. The molecule has 0 saturated carbocycles. The molecule has 0 radical (unpaired) electrons. The Morgan fingerprint density at radius 1 is 1.21 bits per heavy atom. The van der Waals surface area contributed by atoms with Crippen molar-refractivity contribution in [2.45, 2.75) is 102 Å². The Balaban J connectivity index is 3.24. The van der Waals surface area contributed by atoms with E-state index in [-0.39, 0.29) is 6.61 Å². The molecule has 0 aromatic rings. The van der Waals surface area contributed by atoms with Crippen LogP contribution < -0.4 is 0 Å². The number of nitrogens with zero attached hydrogens (tertiary/aromatic N) is 3. The number of carbonyl (C=O) groups is 1. The van der Waals surface area contributed by atoms with Gasteiger partial charge in [-0.25, -0.2) is 8.98 Å². The van der Waals surface area contributed by atoms with E-state index in [2.05, 4.69) is 14.2 Å². The number of aliphatic hydroxyl groups excluding tert-OH is 1. The third-order valence-corrected chi connectivity index (χ3v) is 6.20. The summed E-state index contributed by atoms with van der Waals surface area (Å²) >= 11 is 0. The Hall–Kier alpha value is -1.59. The Kier molecular flexibility index (Phi) is 16.2. The number of hydrogen-bond donors (Lipinski definition) is 2. The van der Waals surface area contributed by atoms with Gasteiger partial charge in [0.25, 0.3) is 0 Å². The second-order valence-electron chi connectivity index (χ2n) is 8.74. The molecule has 2 N–H and O–H groups in total. The van der Waals surface area contributed by atoms with E-state index < -0.39 is 71.9 Å². The molecular weight excluding hydrogens is 530 g/mol. The van der Waals surface area contributed by atoms with Crippen molar-refractivity contribution in [2.24, 2.45) is 5.11 Å². The van der Waals surface area contributed by atoms with E-state index in [1.807, 2.05) is 13.8 Å². The molecule has 0 aromatic carbocycles. The summed E-state index contributed by atoms with van der Waals surface area (Å²) in [4.78, 5) is 15.4. The normalized spacial score (nSPS) is 25.1. The maximum Gasteiger partial charge on any atom is 0.397 e. The van der Waals surface area contributed by atoms with Crippen molar-refractivity contribution < 1.29 is 55.5 Å². The van der Waals surface area contributed by atoms with E-state index in [9.17, 15) is 18.3 Å². The Morgan fingerprint density at radius 3 is 2.45 bits per heavy atom. The first kappa shape index (κ1) is 34.4. The molecular formula is C22H41N3O12S. The van der Waals surface area contributed by atoms with Crippen LogP contribution >= 0.6 is 0 Å². The average molecular weight is 572 g/mol. The first-order chi connectivity index (χ1) is 18.0. The van der Waals surface area contributed by atoms with Gasteiger partial charge in [-0.1, -0.05) is 31.8 Å². The van der Waals surface area contributed by atoms with Crippen LogP contribution in [0.15, 0.2) is 5.11 Å². The molecule has 1 aliphatic heterocycles. The molecule has 0 aromatic heterocycles. The number of ether oxygens (including phenoxy) is 6. The van der Waals surface area contributed by atoms with E-state index in [4.69, 9.17) is 38.5 Å². The summed E-state index contributed by atoms with van der Waals surface area (Å²) in [5, 5.41) is 14.5. The van der Waals surface area contributed by atoms with Gasteiger partial charge in [-0.2, -0.15) is 8.42 Å². The highest BCUT2D eigenvalue weighted by Crippen LogP contribution is 2.26. The highest BCUT2D eigenvalue weighted by atomic mass is 32.3. The topological polar surface area (TPSA) is 205 Å². The third kappa shape index (κ3) is 12.1. The molecule has 1 aliphatic rings. The fourth-order valence-corrected chi connectivity index (χ4v) is 3.87. The zero-order valence-electron chi connectivity index (χ0n) is 22.5. The molecule has 8 atom stereocenters. The Labute approximate surface area is 223 Å². The van der Waals surface area contributed by atoms with Crippen molar-refractivity contribution in [3.8, 4) is 0 Å². The summed E-state index contributed by atoms with van der Waals surface area (Å²) in [5.41, 5.74) is 8.99. The fourth-order valence-electron chi connectivity index (χ4n) is 3.59. The maximum atomic E-state index is 12.5. The fraction of sp³-hybridized carbons (Fsp3) is 0.955. The number of aliphatic hydroxyl groups is 1. The van der Waals surface area contributed by atoms with Gasteiger partial charge in [0.2, 0.25) is 0 Å². The average Bonchev–Trinajstić information content (AvgIpc) is 2.87. The van der Waals surface area contributed by atoms with Crippen LogP contribution in [0.25, 0.3) is 10.4 Å². The molecule has 222 valence electrons. The highest BCUT2D eigenvalue weighted by Gasteiger charge is 2.43. The maximum absolute atomic E-state index is 12.5. The number of esters is 1. The molecule has 0 amide bonds. The summed E-state index contributed by atoms with van der Waals surface area (Å²) in [6, 6.07) is -0.782. The molecule has 0 spiro atoms. The number of carbonyl (C=O) groups excluding carboxylic acids is 1. The smallest absolute Gasteiger partial charge is 0.397 e. The molecule has 0 bridgehead atoms. The number of rotatable bonds is 19. The second kappa shape index (κ2) is 17.9. The predicted molar refractivity (Wildman–Crippen MR) is 132 cm³/mol. The van der Waals surface area contributed by atoms with Crippen LogP contribution in [-0.2, 0) is 47.8 Å². The number of hydrogen-bond acceptors (Lipinski definition) is 12. The summed E-state index contributed by atoms with van der Waals surface area (Å²) in [5.74, 6) is -0.987. The molecule has 15 nitrogen and oxygen atoms in total. The monoisotopic (exact) mass is 571 g/mol. The molecule has 16 heteroatoms. The third-order valence-electron chi connectivity index (χ3n) is 5.77. The summed E-state index contributed by atoms with van der Waals surface area (Å²) < 4.78 is 69.7. The second-order valence-corrected chi connectivity index (χ2v) is 9.83. The van der Waals surface area contributed by atoms with E-state index in [1.165, 1.54) is 6.92 Å². The quantitative estimate of drug-likeness (QED) is 0.0434. The zero-order valence-corrected chi connectivity index (χ0v) is 23.3. The number of methoxy groups -OCH3 is 1. The van der Waals surface area contributed by atoms with E-state index in [0.29, 0.717) is 19.6 Å². The van der Waals surface area contributed by atoms with Gasteiger partial charge >= 0.3 is 16.4 Å². The van der Waals surface area contributed by atoms with Crippen molar-refractivity contribution in [3.63, 3.8) is 0 Å². The van der Waals surface area contributed by atoms with E-state index >= 15 is 0 Å². The lowest BCUT2D eigenvalue weighted by Gasteiger charge is -2.41. The molecule has 4 unspecified atom stereocenters. The van der Waals surface area contributed by atoms with Gasteiger partial charge in [0.05, 0.1) is 38.1 Å².